The zero-order valence-corrected chi connectivity index (χ0v) is 20.6. The van der Waals surface area contributed by atoms with Crippen molar-refractivity contribution in [1.29, 1.82) is 0 Å². The summed E-state index contributed by atoms with van der Waals surface area (Å²) >= 11 is 0. The average Bonchev–Trinajstić information content (AvgIpc) is 3.25. The Kier molecular flexibility index (Phi) is 9.35. The van der Waals surface area contributed by atoms with Gasteiger partial charge >= 0.3 is 0 Å². The molecule has 0 aliphatic heterocycles. The fraction of sp³-hybridized carbons (Fsp3) is 0.409. The van der Waals surface area contributed by atoms with Gasteiger partial charge in [0.1, 0.15) is 5.82 Å². The summed E-state index contributed by atoms with van der Waals surface area (Å²) in [5.74, 6) is 1.84. The highest BCUT2D eigenvalue weighted by Gasteiger charge is 2.03. The van der Waals surface area contributed by atoms with E-state index in [0.29, 0.717) is 0 Å². The van der Waals surface area contributed by atoms with E-state index in [1.54, 1.807) is 7.05 Å². The van der Waals surface area contributed by atoms with Crippen molar-refractivity contribution in [3.05, 3.63) is 71.1 Å². The molecule has 0 radical (unpaired) electrons. The SMILES string of the molecule is CN=C(NCCCn1nc(C)cc1C)NCc1cccc(Cn2ccnc2C)c1.I. The summed E-state index contributed by atoms with van der Waals surface area (Å²) in [7, 11) is 1.80. The molecule has 0 saturated carbocycles. The van der Waals surface area contributed by atoms with Crippen LogP contribution in [0.5, 0.6) is 0 Å². The molecule has 1 aromatic carbocycles. The lowest BCUT2D eigenvalue weighted by molar-refractivity contribution is 0.555. The van der Waals surface area contributed by atoms with Gasteiger partial charge in [-0.2, -0.15) is 5.10 Å². The minimum absolute atomic E-state index is 0. The standard InChI is InChI=1S/C22H31N7.HI/c1-17-13-18(2)29(27-17)11-6-9-25-22(23-4)26-15-20-7-5-8-21(14-20)16-28-12-10-24-19(28)3;/h5,7-8,10,12-14H,6,9,11,15-16H2,1-4H3,(H2,23,25,26);1H. The Morgan fingerprint density at radius 3 is 2.57 bits per heavy atom. The summed E-state index contributed by atoms with van der Waals surface area (Å²) in [6.45, 7) is 9.45. The van der Waals surface area contributed by atoms with Crippen LogP contribution in [-0.2, 0) is 19.6 Å². The molecule has 0 aliphatic carbocycles. The smallest absolute Gasteiger partial charge is 0.191 e. The first-order valence-electron chi connectivity index (χ1n) is 10.1. The van der Waals surface area contributed by atoms with Crippen LogP contribution >= 0.6 is 24.0 Å². The van der Waals surface area contributed by atoms with Crippen LogP contribution in [-0.4, -0.2) is 38.9 Å². The lowest BCUT2D eigenvalue weighted by atomic mass is 10.1. The third kappa shape index (κ3) is 6.86. The van der Waals surface area contributed by atoms with Gasteiger partial charge in [-0.05, 0) is 44.4 Å². The third-order valence-electron chi connectivity index (χ3n) is 4.89. The van der Waals surface area contributed by atoms with Gasteiger partial charge in [0.05, 0.1) is 5.69 Å². The molecular weight excluding hydrogens is 489 g/mol. The number of aliphatic imine (C=N–C) groups is 1. The predicted octanol–water partition coefficient (Wildman–Crippen LogP) is 3.43. The van der Waals surface area contributed by atoms with E-state index >= 15 is 0 Å². The molecule has 0 aliphatic rings. The highest BCUT2D eigenvalue weighted by Crippen LogP contribution is 2.09. The number of imidazole rings is 1. The van der Waals surface area contributed by atoms with Crippen LogP contribution < -0.4 is 10.6 Å². The van der Waals surface area contributed by atoms with E-state index in [9.17, 15) is 0 Å². The van der Waals surface area contributed by atoms with Crippen LogP contribution in [0, 0.1) is 20.8 Å². The summed E-state index contributed by atoms with van der Waals surface area (Å²) < 4.78 is 4.20. The molecule has 0 spiro atoms. The molecule has 2 heterocycles. The van der Waals surface area contributed by atoms with Gasteiger partial charge < -0.3 is 15.2 Å². The number of aryl methyl sites for hydroxylation is 4. The Balaban J connectivity index is 0.00000320. The number of nitrogens with one attached hydrogen (secondary N) is 2. The highest BCUT2D eigenvalue weighted by atomic mass is 127. The normalized spacial score (nSPS) is 11.3. The van der Waals surface area contributed by atoms with Gasteiger partial charge in [0.2, 0.25) is 0 Å². The van der Waals surface area contributed by atoms with E-state index in [1.165, 1.54) is 16.8 Å². The van der Waals surface area contributed by atoms with Crippen LogP contribution in [0.3, 0.4) is 0 Å². The van der Waals surface area contributed by atoms with Crippen LogP contribution in [0.4, 0.5) is 0 Å². The van der Waals surface area contributed by atoms with Gasteiger partial charge in [-0.25, -0.2) is 4.98 Å². The van der Waals surface area contributed by atoms with E-state index in [4.69, 9.17) is 0 Å². The zero-order valence-electron chi connectivity index (χ0n) is 18.2. The first-order valence-corrected chi connectivity index (χ1v) is 10.1. The van der Waals surface area contributed by atoms with Crippen molar-refractivity contribution in [2.24, 2.45) is 4.99 Å². The van der Waals surface area contributed by atoms with E-state index in [1.807, 2.05) is 26.2 Å². The maximum absolute atomic E-state index is 4.50. The predicted molar refractivity (Wildman–Crippen MR) is 132 cm³/mol. The second-order valence-corrected chi connectivity index (χ2v) is 7.28. The average molecular weight is 521 g/mol. The van der Waals surface area contributed by atoms with E-state index < -0.39 is 0 Å². The van der Waals surface area contributed by atoms with Gasteiger partial charge in [-0.1, -0.05) is 24.3 Å². The molecule has 0 atom stereocenters. The molecule has 3 aromatic rings. The van der Waals surface area contributed by atoms with Crippen LogP contribution in [0.25, 0.3) is 0 Å². The minimum atomic E-state index is 0. The topological polar surface area (TPSA) is 72.1 Å². The molecular formula is C22H32IN7. The van der Waals surface area contributed by atoms with Gasteiger partial charge in [0, 0.05) is 51.3 Å². The largest absolute Gasteiger partial charge is 0.356 e. The summed E-state index contributed by atoms with van der Waals surface area (Å²) in [5, 5.41) is 11.3. The molecule has 162 valence electrons. The Morgan fingerprint density at radius 1 is 1.10 bits per heavy atom. The van der Waals surface area contributed by atoms with Crippen LogP contribution in [0.15, 0.2) is 47.7 Å². The summed E-state index contributed by atoms with van der Waals surface area (Å²) in [6, 6.07) is 10.7. The van der Waals surface area contributed by atoms with Crippen LogP contribution in [0.1, 0.15) is 34.8 Å². The lowest BCUT2D eigenvalue weighted by Crippen LogP contribution is -2.37. The summed E-state index contributed by atoms with van der Waals surface area (Å²) in [4.78, 5) is 8.61. The molecule has 7 nitrogen and oxygen atoms in total. The van der Waals surface area contributed by atoms with Gasteiger partial charge in [0.25, 0.3) is 0 Å². The van der Waals surface area contributed by atoms with E-state index in [0.717, 1.165) is 50.1 Å². The van der Waals surface area contributed by atoms with E-state index in [-0.39, 0.29) is 24.0 Å². The number of halogens is 1. The van der Waals surface area contributed by atoms with Crippen molar-refractivity contribution >= 4 is 29.9 Å². The van der Waals surface area contributed by atoms with Crippen molar-refractivity contribution < 1.29 is 0 Å². The second kappa shape index (κ2) is 11.7. The van der Waals surface area contributed by atoms with E-state index in [2.05, 4.69) is 72.2 Å². The number of benzene rings is 1. The number of guanidine groups is 1. The molecule has 0 fully saturated rings. The molecule has 3 rings (SSSR count). The molecule has 2 aromatic heterocycles. The van der Waals surface area contributed by atoms with Gasteiger partial charge in [-0.15, -0.1) is 24.0 Å². The Labute approximate surface area is 196 Å². The van der Waals surface area contributed by atoms with Crippen molar-refractivity contribution in [2.45, 2.75) is 46.8 Å². The minimum Gasteiger partial charge on any atom is -0.356 e. The maximum atomic E-state index is 4.50. The zero-order chi connectivity index (χ0) is 20.6. The Morgan fingerprint density at radius 2 is 1.90 bits per heavy atom. The van der Waals surface area contributed by atoms with Crippen molar-refractivity contribution in [1.82, 2.24) is 30.0 Å². The van der Waals surface area contributed by atoms with Crippen molar-refractivity contribution in [2.75, 3.05) is 13.6 Å². The monoisotopic (exact) mass is 521 g/mol. The molecule has 0 bridgehead atoms. The molecule has 2 N–H and O–H groups in total. The molecule has 0 amide bonds. The van der Waals surface area contributed by atoms with Crippen molar-refractivity contribution in [3.8, 4) is 0 Å². The van der Waals surface area contributed by atoms with Crippen LogP contribution in [0.2, 0.25) is 0 Å². The molecule has 0 saturated heterocycles. The first-order chi connectivity index (χ1) is 14.0. The molecule has 30 heavy (non-hydrogen) atoms. The van der Waals surface area contributed by atoms with Crippen molar-refractivity contribution in [3.63, 3.8) is 0 Å². The second-order valence-electron chi connectivity index (χ2n) is 7.28. The Hall–Kier alpha value is -2.36. The van der Waals surface area contributed by atoms with Gasteiger partial charge in [-0.3, -0.25) is 9.67 Å². The van der Waals surface area contributed by atoms with Gasteiger partial charge in [0.15, 0.2) is 5.96 Å². The summed E-state index contributed by atoms with van der Waals surface area (Å²) in [5.41, 5.74) is 4.76. The lowest BCUT2D eigenvalue weighted by Gasteiger charge is -2.13. The quantitative estimate of drug-likeness (QED) is 0.206. The Bertz CT molecular complexity index is 958. The number of hydrogen-bond donors (Lipinski definition) is 2. The number of aromatic nitrogens is 4. The highest BCUT2D eigenvalue weighted by molar-refractivity contribution is 14.0. The number of rotatable bonds is 8. The number of nitrogens with zero attached hydrogens (tertiary/aromatic N) is 5. The summed E-state index contributed by atoms with van der Waals surface area (Å²) in [6.07, 6.45) is 4.84. The third-order valence-corrected chi connectivity index (χ3v) is 4.89. The first kappa shape index (κ1) is 23.9. The number of hydrogen-bond acceptors (Lipinski definition) is 3. The molecule has 0 unspecified atom stereocenters. The fourth-order valence-corrected chi connectivity index (χ4v) is 3.35. The fourth-order valence-electron chi connectivity index (χ4n) is 3.35. The maximum Gasteiger partial charge on any atom is 0.191 e. The molecule has 8 heteroatoms.